The van der Waals surface area contributed by atoms with E-state index in [1.807, 2.05) is 12.1 Å². The zero-order valence-electron chi connectivity index (χ0n) is 12.9. The molecule has 3 rings (SSSR count). The SMILES string of the molecule is Cc1cccc2c1C=CC(CC1(O)CCCCC1)CC2O. The fourth-order valence-electron chi connectivity index (χ4n) is 4.00. The summed E-state index contributed by atoms with van der Waals surface area (Å²) in [6.45, 7) is 2.09. The van der Waals surface area contributed by atoms with Crippen molar-refractivity contribution in [2.45, 2.75) is 63.6 Å². The molecule has 2 N–H and O–H groups in total. The molecule has 0 bridgehead atoms. The maximum absolute atomic E-state index is 10.8. The zero-order valence-corrected chi connectivity index (χ0v) is 12.9. The lowest BCUT2D eigenvalue weighted by molar-refractivity contribution is -0.0174. The Balaban J connectivity index is 1.78. The summed E-state index contributed by atoms with van der Waals surface area (Å²) in [5.74, 6) is 0.259. The summed E-state index contributed by atoms with van der Waals surface area (Å²) in [7, 11) is 0. The van der Waals surface area contributed by atoms with Crippen LogP contribution in [0, 0.1) is 12.8 Å². The Morgan fingerprint density at radius 1 is 1.19 bits per heavy atom. The lowest BCUT2D eigenvalue weighted by atomic mass is 9.77. The highest BCUT2D eigenvalue weighted by molar-refractivity contribution is 5.59. The van der Waals surface area contributed by atoms with Gasteiger partial charge in [-0.2, -0.15) is 0 Å². The first-order valence-electron chi connectivity index (χ1n) is 8.26. The molecule has 2 aliphatic rings. The molecular formula is C19H26O2. The van der Waals surface area contributed by atoms with Gasteiger partial charge in [0.25, 0.3) is 0 Å². The first-order valence-corrected chi connectivity index (χ1v) is 8.26. The van der Waals surface area contributed by atoms with E-state index in [-0.39, 0.29) is 5.92 Å². The van der Waals surface area contributed by atoms with E-state index in [1.54, 1.807) is 0 Å². The molecule has 0 spiro atoms. The van der Waals surface area contributed by atoms with Gasteiger partial charge in [0.2, 0.25) is 0 Å². The van der Waals surface area contributed by atoms with Crippen molar-refractivity contribution in [3.8, 4) is 0 Å². The summed E-state index contributed by atoms with van der Waals surface area (Å²) >= 11 is 0. The van der Waals surface area contributed by atoms with Crippen LogP contribution in [0.4, 0.5) is 0 Å². The maximum Gasteiger partial charge on any atom is 0.0801 e. The molecule has 2 nitrogen and oxygen atoms in total. The van der Waals surface area contributed by atoms with Gasteiger partial charge in [-0.1, -0.05) is 49.6 Å². The van der Waals surface area contributed by atoms with Gasteiger partial charge >= 0.3 is 0 Å². The first-order chi connectivity index (χ1) is 10.1. The lowest BCUT2D eigenvalue weighted by Crippen LogP contribution is -2.33. The minimum absolute atomic E-state index is 0.259. The number of aliphatic hydroxyl groups excluding tert-OH is 1. The van der Waals surface area contributed by atoms with E-state index in [1.165, 1.54) is 12.0 Å². The van der Waals surface area contributed by atoms with E-state index < -0.39 is 11.7 Å². The monoisotopic (exact) mass is 286 g/mol. The Morgan fingerprint density at radius 2 is 1.95 bits per heavy atom. The zero-order chi connectivity index (χ0) is 14.9. The summed E-state index contributed by atoms with van der Waals surface area (Å²) in [6, 6.07) is 6.13. The average molecular weight is 286 g/mol. The van der Waals surface area contributed by atoms with Crippen molar-refractivity contribution in [2.24, 2.45) is 5.92 Å². The molecule has 0 aromatic heterocycles. The summed E-state index contributed by atoms with van der Waals surface area (Å²) in [5.41, 5.74) is 2.88. The molecule has 0 amide bonds. The van der Waals surface area contributed by atoms with Crippen molar-refractivity contribution in [1.29, 1.82) is 0 Å². The molecule has 0 radical (unpaired) electrons. The normalized spacial score (nSPS) is 28.0. The third kappa shape index (κ3) is 3.22. The van der Waals surface area contributed by atoms with Gasteiger partial charge in [-0.3, -0.25) is 0 Å². The second-order valence-electron chi connectivity index (χ2n) is 6.94. The molecule has 2 unspecified atom stereocenters. The standard InChI is InChI=1S/C19H26O2/c1-14-6-5-7-17-16(14)9-8-15(12-18(17)20)13-19(21)10-3-2-4-11-19/h5-9,15,18,20-21H,2-4,10-13H2,1H3. The Labute approximate surface area is 127 Å². The van der Waals surface area contributed by atoms with Gasteiger partial charge in [-0.05, 0) is 55.2 Å². The van der Waals surface area contributed by atoms with Crippen LogP contribution in [0.2, 0.25) is 0 Å². The van der Waals surface area contributed by atoms with Crippen LogP contribution in [0.15, 0.2) is 24.3 Å². The molecule has 1 aromatic rings. The van der Waals surface area contributed by atoms with Crippen molar-refractivity contribution < 1.29 is 10.2 Å². The van der Waals surface area contributed by atoms with Gasteiger partial charge < -0.3 is 10.2 Å². The first kappa shape index (κ1) is 14.8. The number of benzene rings is 1. The smallest absolute Gasteiger partial charge is 0.0801 e. The summed E-state index contributed by atoms with van der Waals surface area (Å²) in [5, 5.41) is 21.3. The van der Waals surface area contributed by atoms with Crippen LogP contribution in [0.5, 0.6) is 0 Å². The van der Waals surface area contributed by atoms with E-state index >= 15 is 0 Å². The summed E-state index contributed by atoms with van der Waals surface area (Å²) in [4.78, 5) is 0. The molecule has 1 aromatic carbocycles. The van der Waals surface area contributed by atoms with E-state index in [0.717, 1.165) is 49.7 Å². The van der Waals surface area contributed by atoms with Crippen LogP contribution >= 0.6 is 0 Å². The Morgan fingerprint density at radius 3 is 2.71 bits per heavy atom. The highest BCUT2D eigenvalue weighted by atomic mass is 16.3. The quantitative estimate of drug-likeness (QED) is 0.857. The molecule has 0 saturated heterocycles. The molecule has 0 heterocycles. The van der Waals surface area contributed by atoms with Crippen LogP contribution in [-0.4, -0.2) is 15.8 Å². The van der Waals surface area contributed by atoms with E-state index in [4.69, 9.17) is 0 Å². The molecule has 2 atom stereocenters. The van der Waals surface area contributed by atoms with E-state index in [2.05, 4.69) is 25.1 Å². The van der Waals surface area contributed by atoms with Crippen LogP contribution in [0.25, 0.3) is 6.08 Å². The van der Waals surface area contributed by atoms with Crippen molar-refractivity contribution in [3.05, 3.63) is 41.0 Å². The maximum atomic E-state index is 10.8. The van der Waals surface area contributed by atoms with Crippen LogP contribution in [0.3, 0.4) is 0 Å². The summed E-state index contributed by atoms with van der Waals surface area (Å²) < 4.78 is 0. The number of rotatable bonds is 2. The highest BCUT2D eigenvalue weighted by Crippen LogP contribution is 2.39. The summed E-state index contributed by atoms with van der Waals surface area (Å²) in [6.07, 6.45) is 10.8. The minimum Gasteiger partial charge on any atom is -0.390 e. The number of aryl methyl sites for hydroxylation is 1. The van der Waals surface area contributed by atoms with Gasteiger partial charge in [0.1, 0.15) is 0 Å². The van der Waals surface area contributed by atoms with Crippen LogP contribution in [-0.2, 0) is 0 Å². The van der Waals surface area contributed by atoms with Crippen molar-refractivity contribution in [2.75, 3.05) is 0 Å². The third-order valence-electron chi connectivity index (χ3n) is 5.20. The Bertz CT molecular complexity index is 526. The molecule has 1 saturated carbocycles. The molecule has 2 aliphatic carbocycles. The van der Waals surface area contributed by atoms with Gasteiger partial charge in [-0.15, -0.1) is 0 Å². The number of allylic oxidation sites excluding steroid dienone is 1. The van der Waals surface area contributed by atoms with Gasteiger partial charge in [0, 0.05) is 0 Å². The van der Waals surface area contributed by atoms with E-state index in [9.17, 15) is 10.2 Å². The third-order valence-corrected chi connectivity index (χ3v) is 5.20. The fourth-order valence-corrected chi connectivity index (χ4v) is 4.00. The molecule has 0 aliphatic heterocycles. The second kappa shape index (κ2) is 5.94. The molecular weight excluding hydrogens is 260 g/mol. The predicted molar refractivity (Wildman–Crippen MR) is 85.9 cm³/mol. The fraction of sp³-hybridized carbons (Fsp3) is 0.579. The van der Waals surface area contributed by atoms with Gasteiger partial charge in [-0.25, -0.2) is 0 Å². The largest absolute Gasteiger partial charge is 0.390 e. The number of hydrogen-bond donors (Lipinski definition) is 2. The molecule has 1 fully saturated rings. The Hall–Kier alpha value is -1.12. The average Bonchev–Trinajstić information content (AvgIpc) is 2.60. The topological polar surface area (TPSA) is 40.5 Å². The van der Waals surface area contributed by atoms with Gasteiger partial charge in [0.05, 0.1) is 11.7 Å². The van der Waals surface area contributed by atoms with E-state index in [0.29, 0.717) is 0 Å². The number of aliphatic hydroxyl groups is 2. The predicted octanol–water partition coefficient (Wildman–Crippen LogP) is 4.15. The van der Waals surface area contributed by atoms with Crippen LogP contribution in [0.1, 0.15) is 67.7 Å². The van der Waals surface area contributed by atoms with Gasteiger partial charge in [0.15, 0.2) is 0 Å². The Kier molecular flexibility index (Phi) is 4.19. The van der Waals surface area contributed by atoms with Crippen molar-refractivity contribution in [1.82, 2.24) is 0 Å². The highest BCUT2D eigenvalue weighted by Gasteiger charge is 2.33. The number of fused-ring (bicyclic) bond motifs is 1. The minimum atomic E-state index is -0.515. The lowest BCUT2D eigenvalue weighted by Gasteiger charge is -2.34. The van der Waals surface area contributed by atoms with Crippen LogP contribution < -0.4 is 0 Å². The van der Waals surface area contributed by atoms with Crippen molar-refractivity contribution >= 4 is 6.08 Å². The number of hydrogen-bond acceptors (Lipinski definition) is 2. The molecule has 114 valence electrons. The van der Waals surface area contributed by atoms with Crippen molar-refractivity contribution in [3.63, 3.8) is 0 Å². The second-order valence-corrected chi connectivity index (χ2v) is 6.94. The molecule has 2 heteroatoms. The molecule has 21 heavy (non-hydrogen) atoms.